The standard InChI is InChI=1S/C19H42N3/c1-13(2)20(14(3)4)19(21(15(5)6)16(7)8)22(17(9)10)18(11)12/h13-18H,1-12H3. The van der Waals surface area contributed by atoms with Crippen molar-refractivity contribution in [2.24, 2.45) is 0 Å². The van der Waals surface area contributed by atoms with Gasteiger partial charge in [-0.1, -0.05) is 0 Å². The highest BCUT2D eigenvalue weighted by Crippen LogP contribution is 2.31. The Hall–Kier alpha value is -0.120. The second-order valence-electron chi connectivity index (χ2n) is 8.08. The topological polar surface area (TPSA) is 9.72 Å². The lowest BCUT2D eigenvalue weighted by molar-refractivity contribution is -0.0603. The van der Waals surface area contributed by atoms with Crippen molar-refractivity contribution in [1.29, 1.82) is 0 Å². The van der Waals surface area contributed by atoms with Crippen LogP contribution in [0.25, 0.3) is 0 Å². The van der Waals surface area contributed by atoms with Crippen LogP contribution in [0.4, 0.5) is 0 Å². The van der Waals surface area contributed by atoms with Crippen LogP contribution in [0, 0.1) is 6.29 Å². The number of rotatable bonds is 9. The average Bonchev–Trinajstić information content (AvgIpc) is 2.24. The first-order chi connectivity index (χ1) is 9.93. The van der Waals surface area contributed by atoms with Crippen molar-refractivity contribution in [2.75, 3.05) is 0 Å². The van der Waals surface area contributed by atoms with Gasteiger partial charge in [-0.15, -0.1) is 0 Å². The highest BCUT2D eigenvalue weighted by molar-refractivity contribution is 4.98. The highest BCUT2D eigenvalue weighted by Gasteiger charge is 2.40. The zero-order valence-electron chi connectivity index (χ0n) is 17.3. The van der Waals surface area contributed by atoms with Crippen molar-refractivity contribution in [1.82, 2.24) is 14.7 Å². The molecule has 3 heteroatoms. The monoisotopic (exact) mass is 312 g/mol. The van der Waals surface area contributed by atoms with E-state index in [4.69, 9.17) is 0 Å². The molecule has 0 aromatic heterocycles. The summed E-state index contributed by atoms with van der Waals surface area (Å²) in [6.45, 7) is 27.6. The predicted octanol–water partition coefficient (Wildman–Crippen LogP) is 4.79. The van der Waals surface area contributed by atoms with Crippen LogP contribution < -0.4 is 0 Å². The van der Waals surface area contributed by atoms with Gasteiger partial charge in [0, 0.05) is 36.3 Å². The third-order valence-corrected chi connectivity index (χ3v) is 4.03. The van der Waals surface area contributed by atoms with E-state index in [1.807, 2.05) is 0 Å². The van der Waals surface area contributed by atoms with E-state index in [1.54, 1.807) is 0 Å². The van der Waals surface area contributed by atoms with Gasteiger partial charge in [-0.3, -0.25) is 14.7 Å². The lowest BCUT2D eigenvalue weighted by atomic mass is 10.1. The highest BCUT2D eigenvalue weighted by atomic mass is 15.5. The molecule has 0 aromatic rings. The third kappa shape index (κ3) is 5.50. The van der Waals surface area contributed by atoms with Gasteiger partial charge in [-0.05, 0) is 83.1 Å². The normalized spacial score (nSPS) is 13.9. The molecular formula is C19H42N3. The van der Waals surface area contributed by atoms with Crippen molar-refractivity contribution in [3.63, 3.8) is 0 Å². The van der Waals surface area contributed by atoms with Crippen LogP contribution in [0.1, 0.15) is 83.1 Å². The van der Waals surface area contributed by atoms with E-state index in [1.165, 1.54) is 6.29 Å². The van der Waals surface area contributed by atoms with Crippen molar-refractivity contribution >= 4 is 0 Å². The molecule has 0 heterocycles. The van der Waals surface area contributed by atoms with E-state index in [9.17, 15) is 0 Å². The number of hydrogen-bond donors (Lipinski definition) is 0. The summed E-state index contributed by atoms with van der Waals surface area (Å²) >= 11 is 0. The molecule has 0 unspecified atom stereocenters. The fourth-order valence-electron chi connectivity index (χ4n) is 3.57. The van der Waals surface area contributed by atoms with Gasteiger partial charge in [0.1, 0.15) is 0 Å². The van der Waals surface area contributed by atoms with Crippen LogP contribution in [0.15, 0.2) is 0 Å². The largest absolute Gasteiger partial charge is 0.264 e. The summed E-state index contributed by atoms with van der Waals surface area (Å²) in [5.74, 6) is 0. The minimum absolute atomic E-state index is 0.481. The van der Waals surface area contributed by atoms with E-state index in [2.05, 4.69) is 97.8 Å². The van der Waals surface area contributed by atoms with Crippen molar-refractivity contribution in [2.45, 2.75) is 119 Å². The molecule has 0 aliphatic heterocycles. The Morgan fingerprint density at radius 1 is 0.364 bits per heavy atom. The molecule has 0 rings (SSSR count). The second-order valence-corrected chi connectivity index (χ2v) is 8.08. The van der Waals surface area contributed by atoms with Crippen molar-refractivity contribution in [3.05, 3.63) is 6.29 Å². The van der Waals surface area contributed by atoms with Gasteiger partial charge >= 0.3 is 0 Å². The molecule has 0 saturated heterocycles. The maximum Gasteiger partial charge on any atom is 0.180 e. The summed E-state index contributed by atoms with van der Waals surface area (Å²) in [6, 6.07) is 2.89. The number of hydrogen-bond acceptors (Lipinski definition) is 3. The zero-order chi connectivity index (χ0) is 17.8. The SMILES string of the molecule is CC(C)N([C](N(C(C)C)C(C)C)N(C(C)C)C(C)C)C(C)C. The second kappa shape index (κ2) is 9.24. The van der Waals surface area contributed by atoms with Gasteiger partial charge in [-0.25, -0.2) is 0 Å². The molecular weight excluding hydrogens is 270 g/mol. The Kier molecular flexibility index (Phi) is 9.19. The quantitative estimate of drug-likeness (QED) is 0.606. The van der Waals surface area contributed by atoms with Crippen LogP contribution in [0.3, 0.4) is 0 Å². The van der Waals surface area contributed by atoms with E-state index in [0.717, 1.165) is 0 Å². The Bertz CT molecular complexity index is 224. The molecule has 0 spiro atoms. The maximum atomic E-state index is 2.58. The summed E-state index contributed by atoms with van der Waals surface area (Å²) < 4.78 is 0. The van der Waals surface area contributed by atoms with Crippen LogP contribution in [-0.2, 0) is 0 Å². The first-order valence-corrected chi connectivity index (χ1v) is 9.15. The van der Waals surface area contributed by atoms with Gasteiger partial charge in [0.2, 0.25) is 0 Å². The molecule has 0 saturated carbocycles. The maximum absolute atomic E-state index is 2.58. The zero-order valence-corrected chi connectivity index (χ0v) is 17.3. The summed E-state index contributed by atoms with van der Waals surface area (Å²) in [6.07, 6.45) is 1.39. The Labute approximate surface area is 141 Å². The first kappa shape index (κ1) is 21.9. The molecule has 22 heavy (non-hydrogen) atoms. The van der Waals surface area contributed by atoms with Gasteiger partial charge in [-0.2, -0.15) is 0 Å². The first-order valence-electron chi connectivity index (χ1n) is 9.15. The minimum Gasteiger partial charge on any atom is -0.264 e. The average molecular weight is 313 g/mol. The van der Waals surface area contributed by atoms with Crippen molar-refractivity contribution < 1.29 is 0 Å². The van der Waals surface area contributed by atoms with Crippen LogP contribution in [0.2, 0.25) is 0 Å². The smallest absolute Gasteiger partial charge is 0.180 e. The van der Waals surface area contributed by atoms with Gasteiger partial charge in [0.25, 0.3) is 0 Å². The van der Waals surface area contributed by atoms with Crippen molar-refractivity contribution in [3.8, 4) is 0 Å². The molecule has 1 radical (unpaired) electrons. The summed E-state index contributed by atoms with van der Waals surface area (Å²) in [5.41, 5.74) is 0. The van der Waals surface area contributed by atoms with Crippen LogP contribution in [0.5, 0.6) is 0 Å². The van der Waals surface area contributed by atoms with Gasteiger partial charge < -0.3 is 0 Å². The minimum atomic E-state index is 0.481. The van der Waals surface area contributed by atoms with E-state index in [-0.39, 0.29) is 0 Å². The molecule has 3 nitrogen and oxygen atoms in total. The lowest BCUT2D eigenvalue weighted by Gasteiger charge is -2.53. The molecule has 0 bridgehead atoms. The number of nitrogens with zero attached hydrogens (tertiary/aromatic N) is 3. The van der Waals surface area contributed by atoms with E-state index in [0.29, 0.717) is 36.3 Å². The lowest BCUT2D eigenvalue weighted by Crippen LogP contribution is -2.61. The molecule has 0 aromatic carbocycles. The van der Waals surface area contributed by atoms with Crippen LogP contribution in [-0.4, -0.2) is 51.0 Å². The molecule has 0 N–H and O–H groups in total. The van der Waals surface area contributed by atoms with E-state index >= 15 is 0 Å². The summed E-state index contributed by atoms with van der Waals surface area (Å²) in [5, 5.41) is 0. The Balaban J connectivity index is 6.03. The molecule has 0 aliphatic carbocycles. The molecule has 0 fully saturated rings. The molecule has 0 amide bonds. The van der Waals surface area contributed by atoms with Gasteiger partial charge in [0.05, 0.1) is 0 Å². The van der Waals surface area contributed by atoms with Crippen LogP contribution >= 0.6 is 0 Å². The molecule has 0 atom stereocenters. The molecule has 0 aliphatic rings. The summed E-state index contributed by atoms with van der Waals surface area (Å²) in [7, 11) is 0. The van der Waals surface area contributed by atoms with Gasteiger partial charge in [0.15, 0.2) is 6.29 Å². The predicted molar refractivity (Wildman–Crippen MR) is 99.6 cm³/mol. The Morgan fingerprint density at radius 3 is 0.591 bits per heavy atom. The van der Waals surface area contributed by atoms with E-state index < -0.39 is 0 Å². The third-order valence-electron chi connectivity index (χ3n) is 4.03. The summed E-state index contributed by atoms with van der Waals surface area (Å²) in [4.78, 5) is 7.75. The molecule has 133 valence electrons. The fourth-order valence-corrected chi connectivity index (χ4v) is 3.57. The fraction of sp³-hybridized carbons (Fsp3) is 0.947. The Morgan fingerprint density at radius 2 is 0.500 bits per heavy atom.